The number of amides is 1. The zero-order chi connectivity index (χ0) is 17.9. The summed E-state index contributed by atoms with van der Waals surface area (Å²) >= 11 is 0. The van der Waals surface area contributed by atoms with E-state index in [1.165, 1.54) is 6.20 Å². The van der Waals surface area contributed by atoms with Crippen LogP contribution in [-0.4, -0.2) is 62.1 Å². The van der Waals surface area contributed by atoms with Crippen molar-refractivity contribution in [3.63, 3.8) is 0 Å². The van der Waals surface area contributed by atoms with Gasteiger partial charge in [-0.1, -0.05) is 30.3 Å². The number of ether oxygens (including phenoxy) is 1. The molecule has 134 valence electrons. The van der Waals surface area contributed by atoms with E-state index in [1.807, 2.05) is 30.3 Å². The highest BCUT2D eigenvalue weighted by Gasteiger charge is 2.30. The lowest BCUT2D eigenvalue weighted by molar-refractivity contribution is -0.130. The van der Waals surface area contributed by atoms with Crippen LogP contribution in [0, 0.1) is 0 Å². The fourth-order valence-electron chi connectivity index (χ4n) is 2.79. The van der Waals surface area contributed by atoms with Crippen LogP contribution in [0.3, 0.4) is 0 Å². The molecule has 1 amide bonds. The molecule has 0 aliphatic carbocycles. The van der Waals surface area contributed by atoms with Crippen molar-refractivity contribution in [3.05, 3.63) is 47.7 Å². The Labute approximate surface area is 147 Å². The maximum absolute atomic E-state index is 12.7. The van der Waals surface area contributed by atoms with E-state index in [9.17, 15) is 13.2 Å². The largest absolute Gasteiger partial charge is 0.378 e. The van der Waals surface area contributed by atoms with Gasteiger partial charge in [-0.3, -0.25) is 9.10 Å². The summed E-state index contributed by atoms with van der Waals surface area (Å²) in [5, 5.41) is 0. The molecule has 1 aromatic rings. The summed E-state index contributed by atoms with van der Waals surface area (Å²) in [7, 11) is -3.79. The Kier molecular flexibility index (Phi) is 5.19. The molecule has 0 atom stereocenters. The second-order valence-corrected chi connectivity index (χ2v) is 7.50. The molecule has 2 heterocycles. The van der Waals surface area contributed by atoms with Gasteiger partial charge in [0, 0.05) is 25.8 Å². The third-order valence-corrected chi connectivity index (χ3v) is 5.59. The van der Waals surface area contributed by atoms with Crippen LogP contribution < -0.4 is 0 Å². The summed E-state index contributed by atoms with van der Waals surface area (Å²) in [6.45, 7) is 3.77. The number of hydrogen-bond acceptors (Lipinski definition) is 4. The first-order valence-electron chi connectivity index (χ1n) is 8.19. The van der Waals surface area contributed by atoms with Crippen molar-refractivity contribution < 1.29 is 17.9 Å². The van der Waals surface area contributed by atoms with Gasteiger partial charge in [0.15, 0.2) is 0 Å². The third kappa shape index (κ3) is 4.08. The number of benzene rings is 1. The maximum atomic E-state index is 12.7. The van der Waals surface area contributed by atoms with Crippen molar-refractivity contribution in [2.24, 2.45) is 4.40 Å². The zero-order valence-corrected chi connectivity index (χ0v) is 14.9. The molecule has 1 saturated heterocycles. The van der Waals surface area contributed by atoms with E-state index >= 15 is 0 Å². The Hall–Kier alpha value is -2.19. The van der Waals surface area contributed by atoms with E-state index in [4.69, 9.17) is 4.74 Å². The van der Waals surface area contributed by atoms with Crippen LogP contribution in [0.15, 0.2) is 46.5 Å². The Morgan fingerprint density at radius 1 is 1.20 bits per heavy atom. The first-order valence-corrected chi connectivity index (χ1v) is 9.58. The molecule has 25 heavy (non-hydrogen) atoms. The van der Waals surface area contributed by atoms with Crippen molar-refractivity contribution in [2.45, 2.75) is 13.3 Å². The molecule has 0 saturated carbocycles. The second kappa shape index (κ2) is 7.37. The van der Waals surface area contributed by atoms with Crippen LogP contribution in [-0.2, 0) is 26.2 Å². The number of rotatable bonds is 4. The third-order valence-electron chi connectivity index (χ3n) is 4.20. The molecule has 0 aromatic heterocycles. The van der Waals surface area contributed by atoms with Crippen LogP contribution >= 0.6 is 0 Å². The van der Waals surface area contributed by atoms with Gasteiger partial charge in [-0.2, -0.15) is 8.42 Å². The second-order valence-electron chi connectivity index (χ2n) is 5.95. The lowest BCUT2D eigenvalue weighted by Crippen LogP contribution is -2.44. The van der Waals surface area contributed by atoms with E-state index in [-0.39, 0.29) is 18.2 Å². The first-order chi connectivity index (χ1) is 12.0. The Bertz CT molecular complexity index is 796. The van der Waals surface area contributed by atoms with E-state index in [2.05, 4.69) is 4.40 Å². The molecule has 0 unspecified atom stereocenters. The van der Waals surface area contributed by atoms with Gasteiger partial charge in [0.25, 0.3) is 5.91 Å². The number of nitrogens with zero attached hydrogens (tertiary/aromatic N) is 3. The summed E-state index contributed by atoms with van der Waals surface area (Å²) < 4.78 is 34.8. The van der Waals surface area contributed by atoms with Gasteiger partial charge in [-0.05, 0) is 18.9 Å². The molecule has 1 fully saturated rings. The Morgan fingerprint density at radius 2 is 1.88 bits per heavy atom. The van der Waals surface area contributed by atoms with Crippen LogP contribution in [0.5, 0.6) is 0 Å². The first kappa shape index (κ1) is 17.6. The SMILES string of the molecule is CC1=NS(=O)(=O)N(CCc2ccccc2)C=C1C(=O)N1CCOCC1. The fraction of sp³-hybridized carbons (Fsp3) is 0.412. The van der Waals surface area contributed by atoms with Crippen LogP contribution in [0.1, 0.15) is 12.5 Å². The molecule has 0 bridgehead atoms. The number of morpholine rings is 1. The monoisotopic (exact) mass is 363 g/mol. The summed E-state index contributed by atoms with van der Waals surface area (Å²) in [5.74, 6) is -0.204. The van der Waals surface area contributed by atoms with E-state index in [0.29, 0.717) is 38.3 Å². The number of carbonyl (C=O) groups is 1. The van der Waals surface area contributed by atoms with Gasteiger partial charge in [-0.15, -0.1) is 4.40 Å². The molecule has 7 nitrogen and oxygen atoms in total. The molecule has 2 aliphatic heterocycles. The van der Waals surface area contributed by atoms with Gasteiger partial charge in [-0.25, -0.2) is 0 Å². The highest BCUT2D eigenvalue weighted by atomic mass is 32.2. The van der Waals surface area contributed by atoms with Gasteiger partial charge in [0.05, 0.1) is 24.5 Å². The summed E-state index contributed by atoms with van der Waals surface area (Å²) in [6, 6.07) is 9.61. The summed E-state index contributed by atoms with van der Waals surface area (Å²) in [5.41, 5.74) is 1.58. The van der Waals surface area contributed by atoms with Gasteiger partial charge in [0.1, 0.15) is 0 Å². The zero-order valence-electron chi connectivity index (χ0n) is 14.1. The van der Waals surface area contributed by atoms with Crippen molar-refractivity contribution in [1.82, 2.24) is 9.21 Å². The Balaban J connectivity index is 1.78. The predicted molar refractivity (Wildman–Crippen MR) is 94.4 cm³/mol. The lowest BCUT2D eigenvalue weighted by Gasteiger charge is -2.30. The van der Waals surface area contributed by atoms with Gasteiger partial charge in [0.2, 0.25) is 0 Å². The molecule has 3 rings (SSSR count). The minimum Gasteiger partial charge on any atom is -0.378 e. The van der Waals surface area contributed by atoms with E-state index in [0.717, 1.165) is 9.87 Å². The smallest absolute Gasteiger partial charge is 0.344 e. The quantitative estimate of drug-likeness (QED) is 0.799. The predicted octanol–water partition coefficient (Wildman–Crippen LogP) is 0.993. The highest BCUT2D eigenvalue weighted by Crippen LogP contribution is 2.19. The molecule has 2 aliphatic rings. The average Bonchev–Trinajstić information content (AvgIpc) is 2.61. The number of hydrogen-bond donors (Lipinski definition) is 0. The molecular weight excluding hydrogens is 342 g/mol. The molecule has 1 aromatic carbocycles. The Morgan fingerprint density at radius 3 is 2.56 bits per heavy atom. The molecule has 0 radical (unpaired) electrons. The van der Waals surface area contributed by atoms with Crippen LogP contribution in [0.25, 0.3) is 0 Å². The molecule has 8 heteroatoms. The summed E-state index contributed by atoms with van der Waals surface area (Å²) in [6.07, 6.45) is 1.96. The topological polar surface area (TPSA) is 79.3 Å². The molecule has 0 N–H and O–H groups in total. The van der Waals surface area contributed by atoms with Crippen molar-refractivity contribution in [3.8, 4) is 0 Å². The number of carbonyl (C=O) groups excluding carboxylic acids is 1. The van der Waals surface area contributed by atoms with E-state index < -0.39 is 10.2 Å². The van der Waals surface area contributed by atoms with Crippen LogP contribution in [0.4, 0.5) is 0 Å². The molecular formula is C17H21N3O4S. The average molecular weight is 363 g/mol. The van der Waals surface area contributed by atoms with Crippen molar-refractivity contribution in [1.29, 1.82) is 0 Å². The fourth-order valence-corrected chi connectivity index (χ4v) is 3.90. The lowest BCUT2D eigenvalue weighted by atomic mass is 10.1. The van der Waals surface area contributed by atoms with Crippen molar-refractivity contribution >= 4 is 21.8 Å². The minimum atomic E-state index is -3.79. The van der Waals surface area contributed by atoms with E-state index in [1.54, 1.807) is 11.8 Å². The minimum absolute atomic E-state index is 0.204. The standard InChI is InChI=1S/C17H21N3O4S/c1-14-16(17(21)19-9-11-24-12-10-19)13-20(25(22,23)18-14)8-7-15-5-3-2-4-6-15/h2-6,13H,7-12H2,1H3. The van der Waals surface area contributed by atoms with Gasteiger partial charge < -0.3 is 9.64 Å². The van der Waals surface area contributed by atoms with Gasteiger partial charge >= 0.3 is 10.2 Å². The normalized spacial score (nSPS) is 20.0. The molecule has 0 spiro atoms. The summed E-state index contributed by atoms with van der Waals surface area (Å²) in [4.78, 5) is 14.4. The van der Waals surface area contributed by atoms with Crippen molar-refractivity contribution in [2.75, 3.05) is 32.8 Å². The highest BCUT2D eigenvalue weighted by molar-refractivity contribution is 7.88. The maximum Gasteiger partial charge on any atom is 0.344 e. The van der Waals surface area contributed by atoms with Crippen LogP contribution in [0.2, 0.25) is 0 Å².